The first-order valence-corrected chi connectivity index (χ1v) is 10.2. The summed E-state index contributed by atoms with van der Waals surface area (Å²) in [6.07, 6.45) is 2.15. The molecular formula is C24H21NS. The summed E-state index contributed by atoms with van der Waals surface area (Å²) < 4.78 is 1.28. The van der Waals surface area contributed by atoms with Crippen LogP contribution in [0.5, 0.6) is 0 Å². The van der Waals surface area contributed by atoms with Gasteiger partial charge in [0.15, 0.2) is 0 Å². The first-order valence-electron chi connectivity index (χ1n) is 9.41. The predicted molar refractivity (Wildman–Crippen MR) is 111 cm³/mol. The van der Waals surface area contributed by atoms with Crippen molar-refractivity contribution in [3.8, 4) is 11.1 Å². The largest absolute Gasteiger partial charge is 0.240 e. The summed E-state index contributed by atoms with van der Waals surface area (Å²) in [5.74, 6) is 0.264. The molecule has 26 heavy (non-hydrogen) atoms. The van der Waals surface area contributed by atoms with Crippen molar-refractivity contribution in [2.75, 3.05) is 0 Å². The third kappa shape index (κ3) is 2.18. The Labute approximate surface area is 158 Å². The maximum Gasteiger partial charge on any atom is 0.106 e. The molecule has 0 spiro atoms. The summed E-state index contributed by atoms with van der Waals surface area (Å²) in [5, 5.41) is 1.22. The zero-order valence-corrected chi connectivity index (χ0v) is 15.9. The second kappa shape index (κ2) is 6.07. The molecule has 0 radical (unpaired) electrons. The Balaban J connectivity index is 1.83. The van der Waals surface area contributed by atoms with E-state index in [1.807, 2.05) is 11.3 Å². The van der Waals surface area contributed by atoms with Gasteiger partial charge in [0.05, 0.1) is 16.1 Å². The molecule has 5 rings (SSSR count). The zero-order valence-electron chi connectivity index (χ0n) is 15.1. The average molecular weight is 356 g/mol. The number of hydrogen-bond acceptors (Lipinski definition) is 2. The number of nitrogens with zero attached hydrogens (tertiary/aromatic N) is 1. The smallest absolute Gasteiger partial charge is 0.106 e. The Kier molecular flexibility index (Phi) is 3.68. The van der Waals surface area contributed by atoms with Gasteiger partial charge in [0.2, 0.25) is 0 Å². The molecule has 1 nitrogen and oxygen atoms in total. The normalized spacial score (nSPS) is 15.2. The van der Waals surface area contributed by atoms with E-state index in [0.29, 0.717) is 0 Å². The minimum atomic E-state index is 0.264. The first kappa shape index (κ1) is 15.8. The van der Waals surface area contributed by atoms with Gasteiger partial charge in [-0.05, 0) is 58.4 Å². The molecular weight excluding hydrogens is 334 g/mol. The molecule has 1 unspecified atom stereocenters. The standard InChI is InChI=1S/C24H21NS/c1-3-15-13-14-19-17-9-5-6-10-18(17)23(22(19)16(15)4-2)24-25-20-11-7-8-12-21(20)26-24/h5-14,23H,3-4H2,1-2H3. The van der Waals surface area contributed by atoms with Crippen molar-refractivity contribution in [3.05, 3.63) is 87.9 Å². The number of thiazole rings is 1. The zero-order chi connectivity index (χ0) is 17.7. The maximum atomic E-state index is 5.04. The molecule has 1 aromatic heterocycles. The number of aryl methyl sites for hydroxylation is 1. The van der Waals surface area contributed by atoms with Gasteiger partial charge in [-0.1, -0.05) is 62.4 Å². The Hall–Kier alpha value is -2.45. The average Bonchev–Trinajstić information content (AvgIpc) is 3.25. The quantitative estimate of drug-likeness (QED) is 0.356. The van der Waals surface area contributed by atoms with Crippen molar-refractivity contribution < 1.29 is 0 Å². The van der Waals surface area contributed by atoms with Crippen LogP contribution < -0.4 is 0 Å². The highest BCUT2D eigenvalue weighted by Gasteiger charge is 2.34. The summed E-state index contributed by atoms with van der Waals surface area (Å²) in [7, 11) is 0. The van der Waals surface area contributed by atoms with E-state index in [4.69, 9.17) is 4.98 Å². The molecule has 0 N–H and O–H groups in total. The number of benzene rings is 3. The molecule has 0 fully saturated rings. The SMILES string of the molecule is CCc1ccc2c(c1CC)C(c1nc3ccccc3s1)c1ccccc1-2. The number of fused-ring (bicyclic) bond motifs is 4. The number of rotatable bonds is 3. The molecule has 1 aliphatic carbocycles. The molecule has 1 atom stereocenters. The molecule has 1 aliphatic rings. The van der Waals surface area contributed by atoms with E-state index in [2.05, 4.69) is 74.5 Å². The van der Waals surface area contributed by atoms with E-state index in [1.54, 1.807) is 0 Å². The fourth-order valence-electron chi connectivity index (χ4n) is 4.44. The highest BCUT2D eigenvalue weighted by Crippen LogP contribution is 2.51. The molecule has 0 saturated heterocycles. The van der Waals surface area contributed by atoms with E-state index >= 15 is 0 Å². The molecule has 0 amide bonds. The topological polar surface area (TPSA) is 12.9 Å². The summed E-state index contributed by atoms with van der Waals surface area (Å²) >= 11 is 1.84. The van der Waals surface area contributed by atoms with Gasteiger partial charge in [0.25, 0.3) is 0 Å². The lowest BCUT2D eigenvalue weighted by molar-refractivity contribution is 0.935. The minimum Gasteiger partial charge on any atom is -0.240 e. The van der Waals surface area contributed by atoms with Gasteiger partial charge in [-0.25, -0.2) is 4.98 Å². The summed E-state index contributed by atoms with van der Waals surface area (Å²) in [6.45, 7) is 4.54. The monoisotopic (exact) mass is 355 g/mol. The van der Waals surface area contributed by atoms with Crippen molar-refractivity contribution in [3.63, 3.8) is 0 Å². The summed E-state index contributed by atoms with van der Waals surface area (Å²) in [5.41, 5.74) is 9.79. The highest BCUT2D eigenvalue weighted by molar-refractivity contribution is 7.18. The fraction of sp³-hybridized carbons (Fsp3) is 0.208. The lowest BCUT2D eigenvalue weighted by Crippen LogP contribution is -2.04. The van der Waals surface area contributed by atoms with Crippen LogP contribution in [0.25, 0.3) is 21.3 Å². The van der Waals surface area contributed by atoms with Gasteiger partial charge in [-0.3, -0.25) is 0 Å². The van der Waals surface area contributed by atoms with Crippen molar-refractivity contribution in [1.82, 2.24) is 4.98 Å². The van der Waals surface area contributed by atoms with Gasteiger partial charge >= 0.3 is 0 Å². The fourth-order valence-corrected chi connectivity index (χ4v) is 5.54. The van der Waals surface area contributed by atoms with Crippen molar-refractivity contribution in [1.29, 1.82) is 0 Å². The molecule has 0 saturated carbocycles. The number of aromatic nitrogens is 1. The molecule has 0 aliphatic heterocycles. The van der Waals surface area contributed by atoms with Crippen LogP contribution in [-0.4, -0.2) is 4.98 Å². The van der Waals surface area contributed by atoms with Gasteiger partial charge in [-0.15, -0.1) is 11.3 Å². The van der Waals surface area contributed by atoms with E-state index in [9.17, 15) is 0 Å². The molecule has 4 aromatic rings. The predicted octanol–water partition coefficient (Wildman–Crippen LogP) is 6.58. The van der Waals surface area contributed by atoms with Crippen molar-refractivity contribution in [2.45, 2.75) is 32.6 Å². The first-order chi connectivity index (χ1) is 12.8. The summed E-state index contributed by atoms with van der Waals surface area (Å²) in [6, 6.07) is 22.0. The van der Waals surface area contributed by atoms with E-state index in [0.717, 1.165) is 18.4 Å². The molecule has 2 heteroatoms. The van der Waals surface area contributed by atoms with Crippen LogP contribution in [0.15, 0.2) is 60.7 Å². The van der Waals surface area contributed by atoms with Gasteiger partial charge in [0.1, 0.15) is 5.01 Å². The lowest BCUT2D eigenvalue weighted by atomic mass is 9.88. The lowest BCUT2D eigenvalue weighted by Gasteiger charge is -2.17. The van der Waals surface area contributed by atoms with Crippen LogP contribution in [-0.2, 0) is 12.8 Å². The second-order valence-corrected chi connectivity index (χ2v) is 7.97. The van der Waals surface area contributed by atoms with Crippen molar-refractivity contribution in [2.24, 2.45) is 0 Å². The van der Waals surface area contributed by atoms with Crippen molar-refractivity contribution >= 4 is 21.6 Å². The van der Waals surface area contributed by atoms with Gasteiger partial charge in [-0.2, -0.15) is 0 Å². The molecule has 3 aromatic carbocycles. The van der Waals surface area contributed by atoms with Gasteiger partial charge < -0.3 is 0 Å². The molecule has 128 valence electrons. The highest BCUT2D eigenvalue weighted by atomic mass is 32.1. The Morgan fingerprint density at radius 3 is 2.46 bits per heavy atom. The third-order valence-electron chi connectivity index (χ3n) is 5.60. The second-order valence-electron chi connectivity index (χ2n) is 6.91. The van der Waals surface area contributed by atoms with E-state index < -0.39 is 0 Å². The van der Waals surface area contributed by atoms with Crippen LogP contribution in [0.1, 0.15) is 47.0 Å². The van der Waals surface area contributed by atoms with E-state index in [-0.39, 0.29) is 5.92 Å². The third-order valence-corrected chi connectivity index (χ3v) is 6.70. The van der Waals surface area contributed by atoms with Crippen LogP contribution in [0, 0.1) is 0 Å². The summed E-state index contributed by atoms with van der Waals surface area (Å²) in [4.78, 5) is 5.04. The van der Waals surface area contributed by atoms with E-state index in [1.165, 1.54) is 43.1 Å². The van der Waals surface area contributed by atoms with Crippen LogP contribution in [0.4, 0.5) is 0 Å². The van der Waals surface area contributed by atoms with Crippen LogP contribution >= 0.6 is 11.3 Å². The number of para-hydroxylation sites is 1. The minimum absolute atomic E-state index is 0.264. The van der Waals surface area contributed by atoms with Gasteiger partial charge in [0, 0.05) is 0 Å². The Morgan fingerprint density at radius 1 is 0.846 bits per heavy atom. The van der Waals surface area contributed by atoms with Crippen LogP contribution in [0.2, 0.25) is 0 Å². The van der Waals surface area contributed by atoms with Crippen LogP contribution in [0.3, 0.4) is 0 Å². The number of hydrogen-bond donors (Lipinski definition) is 0. The maximum absolute atomic E-state index is 5.04. The Bertz CT molecular complexity index is 1090. The molecule has 1 heterocycles. The molecule has 0 bridgehead atoms. The Morgan fingerprint density at radius 2 is 1.65 bits per heavy atom.